The van der Waals surface area contributed by atoms with Gasteiger partial charge in [0.05, 0.1) is 11.6 Å². The summed E-state index contributed by atoms with van der Waals surface area (Å²) in [5.74, 6) is 0.0481. The van der Waals surface area contributed by atoms with Gasteiger partial charge in [-0.25, -0.2) is 4.99 Å². The van der Waals surface area contributed by atoms with Crippen LogP contribution in [0.2, 0.25) is 0 Å². The van der Waals surface area contributed by atoms with E-state index in [0.717, 1.165) is 31.4 Å². The molecular formula is C13H16F3N5. The van der Waals surface area contributed by atoms with Crippen LogP contribution in [0.4, 0.5) is 18.9 Å². The summed E-state index contributed by atoms with van der Waals surface area (Å²) in [6, 6.07) is 4.66. The number of aliphatic imine (C=N–C) groups is 2. The smallest absolute Gasteiger partial charge is 0.369 e. The van der Waals surface area contributed by atoms with Gasteiger partial charge in [0.2, 0.25) is 11.9 Å². The van der Waals surface area contributed by atoms with Gasteiger partial charge >= 0.3 is 6.18 Å². The molecule has 0 heterocycles. The van der Waals surface area contributed by atoms with Gasteiger partial charge < -0.3 is 16.8 Å². The standard InChI is InChI=1S/C13H16F3N5/c14-13(15,16)8-4-6-10(7-5-8)20-12(18)21-11(17)19-9-2-1-3-9/h4-7,9H,1-3H2,(H5,17,18,19,20,21). The first-order chi connectivity index (χ1) is 9.84. The van der Waals surface area contributed by atoms with Gasteiger partial charge in [0.25, 0.3) is 0 Å². The SMILES string of the molecule is NC(=NC1CCC1)N=C(N)Nc1ccc(C(F)(F)F)cc1. The highest BCUT2D eigenvalue weighted by atomic mass is 19.4. The quantitative estimate of drug-likeness (QED) is 0.578. The highest BCUT2D eigenvalue weighted by Crippen LogP contribution is 2.29. The van der Waals surface area contributed by atoms with Crippen molar-refractivity contribution in [2.45, 2.75) is 31.5 Å². The van der Waals surface area contributed by atoms with Crippen molar-refractivity contribution in [2.24, 2.45) is 21.5 Å². The lowest BCUT2D eigenvalue weighted by atomic mass is 9.94. The summed E-state index contributed by atoms with van der Waals surface area (Å²) in [7, 11) is 0. The first-order valence-electron chi connectivity index (χ1n) is 6.46. The Hall–Kier alpha value is -2.25. The molecule has 5 nitrogen and oxygen atoms in total. The Labute approximate surface area is 119 Å². The molecule has 1 aliphatic carbocycles. The maximum Gasteiger partial charge on any atom is 0.416 e. The summed E-state index contributed by atoms with van der Waals surface area (Å²) < 4.78 is 37.2. The number of hydrogen-bond acceptors (Lipinski definition) is 1. The molecule has 1 aromatic rings. The van der Waals surface area contributed by atoms with Crippen molar-refractivity contribution < 1.29 is 13.2 Å². The lowest BCUT2D eigenvalue weighted by molar-refractivity contribution is -0.137. The third kappa shape index (κ3) is 4.37. The van der Waals surface area contributed by atoms with E-state index in [0.29, 0.717) is 5.69 Å². The lowest BCUT2D eigenvalue weighted by Crippen LogP contribution is -2.27. The van der Waals surface area contributed by atoms with Gasteiger partial charge in [0.1, 0.15) is 0 Å². The number of nitrogens with one attached hydrogen (secondary N) is 1. The number of hydrogen-bond donors (Lipinski definition) is 3. The van der Waals surface area contributed by atoms with E-state index in [1.165, 1.54) is 12.1 Å². The van der Waals surface area contributed by atoms with Crippen LogP contribution in [0.25, 0.3) is 0 Å². The van der Waals surface area contributed by atoms with Gasteiger partial charge in [-0.1, -0.05) is 0 Å². The van der Waals surface area contributed by atoms with Crippen molar-refractivity contribution in [1.82, 2.24) is 0 Å². The van der Waals surface area contributed by atoms with Crippen LogP contribution in [0, 0.1) is 0 Å². The van der Waals surface area contributed by atoms with Gasteiger partial charge in [-0.05, 0) is 43.5 Å². The molecule has 1 aromatic carbocycles. The van der Waals surface area contributed by atoms with Crippen molar-refractivity contribution in [3.63, 3.8) is 0 Å². The molecule has 0 aromatic heterocycles. The Morgan fingerprint density at radius 2 is 1.76 bits per heavy atom. The number of nitrogens with zero attached hydrogens (tertiary/aromatic N) is 2. The summed E-state index contributed by atoms with van der Waals surface area (Å²) in [5, 5.41) is 2.66. The van der Waals surface area contributed by atoms with Gasteiger partial charge in [0, 0.05) is 5.69 Å². The Balaban J connectivity index is 1.98. The first-order valence-corrected chi connectivity index (χ1v) is 6.46. The Kier molecular flexibility index (Phi) is 4.35. The first kappa shape index (κ1) is 15.1. The molecule has 5 N–H and O–H groups in total. The average Bonchev–Trinajstić information content (AvgIpc) is 2.33. The normalized spacial score (nSPS) is 17.5. The Morgan fingerprint density at radius 3 is 2.24 bits per heavy atom. The van der Waals surface area contributed by atoms with Crippen molar-refractivity contribution in [3.8, 4) is 0 Å². The minimum absolute atomic E-state index is 0.0182. The summed E-state index contributed by atoms with van der Waals surface area (Å²) in [5.41, 5.74) is 10.9. The van der Waals surface area contributed by atoms with Crippen molar-refractivity contribution >= 4 is 17.6 Å². The molecule has 0 spiro atoms. The maximum absolute atomic E-state index is 12.4. The van der Waals surface area contributed by atoms with Crippen LogP contribution < -0.4 is 16.8 Å². The van der Waals surface area contributed by atoms with Crippen LogP contribution >= 0.6 is 0 Å². The highest BCUT2D eigenvalue weighted by Gasteiger charge is 2.29. The van der Waals surface area contributed by atoms with Crippen LogP contribution in [0.3, 0.4) is 0 Å². The number of guanidine groups is 2. The predicted octanol–water partition coefficient (Wildman–Crippen LogP) is 2.30. The van der Waals surface area contributed by atoms with Gasteiger partial charge in [-0.2, -0.15) is 18.2 Å². The number of halogens is 3. The van der Waals surface area contributed by atoms with E-state index in [-0.39, 0.29) is 18.0 Å². The van der Waals surface area contributed by atoms with Crippen molar-refractivity contribution in [1.29, 1.82) is 0 Å². The summed E-state index contributed by atoms with van der Waals surface area (Å²) >= 11 is 0. The third-order valence-electron chi connectivity index (χ3n) is 3.11. The number of anilines is 1. The van der Waals surface area contributed by atoms with E-state index in [2.05, 4.69) is 15.3 Å². The number of alkyl halides is 3. The molecule has 8 heteroatoms. The molecule has 1 fully saturated rings. The molecule has 0 radical (unpaired) electrons. The van der Waals surface area contributed by atoms with E-state index in [4.69, 9.17) is 11.5 Å². The molecule has 114 valence electrons. The van der Waals surface area contributed by atoms with Crippen LogP contribution in [-0.4, -0.2) is 18.0 Å². The van der Waals surface area contributed by atoms with Crippen molar-refractivity contribution in [3.05, 3.63) is 29.8 Å². The van der Waals surface area contributed by atoms with E-state index in [1.54, 1.807) is 0 Å². The largest absolute Gasteiger partial charge is 0.416 e. The van der Waals surface area contributed by atoms with Crippen molar-refractivity contribution in [2.75, 3.05) is 5.32 Å². The predicted molar refractivity (Wildman–Crippen MR) is 76.0 cm³/mol. The maximum atomic E-state index is 12.4. The number of nitrogens with two attached hydrogens (primary N) is 2. The molecule has 21 heavy (non-hydrogen) atoms. The van der Waals surface area contributed by atoms with Crippen LogP contribution in [0.1, 0.15) is 24.8 Å². The zero-order valence-corrected chi connectivity index (χ0v) is 11.2. The molecule has 1 saturated carbocycles. The second kappa shape index (κ2) is 6.02. The topological polar surface area (TPSA) is 88.8 Å². The summed E-state index contributed by atoms with van der Waals surface area (Å²) in [6.07, 6.45) is -1.26. The molecule has 0 bridgehead atoms. The monoisotopic (exact) mass is 299 g/mol. The van der Waals surface area contributed by atoms with Gasteiger partial charge in [-0.3, -0.25) is 0 Å². The molecule has 2 rings (SSSR count). The summed E-state index contributed by atoms with van der Waals surface area (Å²) in [6.45, 7) is 0. The molecule has 0 saturated heterocycles. The fraction of sp³-hybridized carbons (Fsp3) is 0.385. The zero-order chi connectivity index (χ0) is 15.5. The van der Waals surface area contributed by atoms with E-state index < -0.39 is 11.7 Å². The molecule has 0 unspecified atom stereocenters. The van der Waals surface area contributed by atoms with E-state index in [1.807, 2.05) is 0 Å². The number of rotatable bonds is 2. The highest BCUT2D eigenvalue weighted by molar-refractivity contribution is 6.00. The van der Waals surface area contributed by atoms with Crippen LogP contribution in [0.5, 0.6) is 0 Å². The molecule has 0 aliphatic heterocycles. The van der Waals surface area contributed by atoms with E-state index >= 15 is 0 Å². The summed E-state index contributed by atoms with van der Waals surface area (Å²) in [4.78, 5) is 8.00. The Morgan fingerprint density at radius 1 is 1.14 bits per heavy atom. The number of benzene rings is 1. The molecule has 0 atom stereocenters. The molecular weight excluding hydrogens is 283 g/mol. The van der Waals surface area contributed by atoms with Crippen LogP contribution in [0.15, 0.2) is 34.3 Å². The second-order valence-electron chi connectivity index (χ2n) is 4.77. The fourth-order valence-electron chi connectivity index (χ4n) is 1.77. The molecule has 1 aliphatic rings. The van der Waals surface area contributed by atoms with Gasteiger partial charge in [0.15, 0.2) is 0 Å². The zero-order valence-electron chi connectivity index (χ0n) is 11.2. The Bertz CT molecular complexity index is 544. The van der Waals surface area contributed by atoms with Crippen LogP contribution in [-0.2, 0) is 6.18 Å². The average molecular weight is 299 g/mol. The fourth-order valence-corrected chi connectivity index (χ4v) is 1.77. The van der Waals surface area contributed by atoms with E-state index in [9.17, 15) is 13.2 Å². The third-order valence-corrected chi connectivity index (χ3v) is 3.11. The lowest BCUT2D eigenvalue weighted by Gasteiger charge is -2.20. The van der Waals surface area contributed by atoms with Gasteiger partial charge in [-0.15, -0.1) is 0 Å². The second-order valence-corrected chi connectivity index (χ2v) is 4.77. The minimum Gasteiger partial charge on any atom is -0.369 e. The minimum atomic E-state index is -4.36. The molecule has 0 amide bonds.